The maximum atomic E-state index is 2.47. The van der Waals surface area contributed by atoms with Crippen LogP contribution in [0, 0.1) is 0 Å². The normalized spacial score (nSPS) is 11.9. The monoisotopic (exact) mass is 475 g/mol. The van der Waals surface area contributed by atoms with Crippen molar-refractivity contribution in [3.63, 3.8) is 0 Å². The van der Waals surface area contributed by atoms with Gasteiger partial charge in [-0.05, 0) is 52.2 Å². The minimum Gasteiger partial charge on any atom is -0.308 e. The zero-order chi connectivity index (χ0) is 23.6. The maximum Gasteiger partial charge on any atom is 0.0719 e. The van der Waals surface area contributed by atoms with E-state index in [2.05, 4.69) is 132 Å². The highest BCUT2D eigenvalue weighted by atomic mass is 32.1. The third-order valence-corrected chi connectivity index (χ3v) is 8.56. The minimum atomic E-state index is 1.20. The molecule has 168 valence electrons. The highest BCUT2D eigenvalue weighted by Gasteiger charge is 2.18. The second kappa shape index (κ2) is 7.55. The number of thiophene rings is 1. The Bertz CT molecular complexity index is 2090. The van der Waals surface area contributed by atoms with Crippen LogP contribution in [0.15, 0.2) is 127 Å². The fourth-order valence-corrected chi connectivity index (χ4v) is 6.90. The van der Waals surface area contributed by atoms with Crippen LogP contribution in [0.2, 0.25) is 0 Å². The molecule has 8 aromatic rings. The maximum absolute atomic E-state index is 2.47. The summed E-state index contributed by atoms with van der Waals surface area (Å²) in [6.45, 7) is 0. The average Bonchev–Trinajstić information content (AvgIpc) is 3.49. The van der Waals surface area contributed by atoms with E-state index in [4.69, 9.17) is 0 Å². The number of aromatic nitrogens is 1. The van der Waals surface area contributed by atoms with Crippen LogP contribution in [0.3, 0.4) is 0 Å². The van der Waals surface area contributed by atoms with Crippen LogP contribution in [0.4, 0.5) is 0 Å². The Hall–Kier alpha value is -4.40. The lowest BCUT2D eigenvalue weighted by Crippen LogP contribution is -1.93. The molecule has 0 atom stereocenters. The Kier molecular flexibility index (Phi) is 4.16. The van der Waals surface area contributed by atoms with Gasteiger partial charge in [0.15, 0.2) is 0 Å². The molecule has 1 nitrogen and oxygen atoms in total. The van der Waals surface area contributed by atoms with Gasteiger partial charge in [-0.1, -0.05) is 97.1 Å². The van der Waals surface area contributed by atoms with E-state index in [1.54, 1.807) is 0 Å². The number of nitrogens with zero attached hydrogens (tertiary/aromatic N) is 1. The summed E-state index contributed by atoms with van der Waals surface area (Å²) in [4.78, 5) is 0. The summed E-state index contributed by atoms with van der Waals surface area (Å²) in [6, 6.07) is 46.4. The van der Waals surface area contributed by atoms with E-state index in [1.165, 1.54) is 69.6 Å². The van der Waals surface area contributed by atoms with E-state index in [1.807, 2.05) is 11.3 Å². The molecule has 0 amide bonds. The Labute approximate surface area is 212 Å². The predicted octanol–water partition coefficient (Wildman–Crippen LogP) is 9.97. The quantitative estimate of drug-likeness (QED) is 0.234. The van der Waals surface area contributed by atoms with E-state index in [0.717, 1.165) is 0 Å². The van der Waals surface area contributed by atoms with Crippen LogP contribution in [0.25, 0.3) is 69.6 Å². The summed E-state index contributed by atoms with van der Waals surface area (Å²) < 4.78 is 5.14. The molecule has 0 fully saturated rings. The lowest BCUT2D eigenvalue weighted by Gasteiger charge is -2.10. The molecule has 6 aromatic carbocycles. The van der Waals surface area contributed by atoms with Crippen molar-refractivity contribution < 1.29 is 0 Å². The van der Waals surface area contributed by atoms with Crippen molar-refractivity contribution in [2.24, 2.45) is 0 Å². The molecule has 36 heavy (non-hydrogen) atoms. The zero-order valence-electron chi connectivity index (χ0n) is 19.5. The number of rotatable bonds is 2. The van der Waals surface area contributed by atoms with Gasteiger partial charge in [0, 0.05) is 31.9 Å². The van der Waals surface area contributed by atoms with Gasteiger partial charge in [-0.25, -0.2) is 0 Å². The van der Waals surface area contributed by atoms with Gasteiger partial charge in [0.2, 0.25) is 0 Å². The second-order valence-corrected chi connectivity index (χ2v) is 10.5. The van der Waals surface area contributed by atoms with Gasteiger partial charge in [-0.3, -0.25) is 0 Å². The molecule has 0 radical (unpaired) electrons. The highest BCUT2D eigenvalue weighted by Crippen LogP contribution is 2.44. The first kappa shape index (κ1) is 19.9. The largest absolute Gasteiger partial charge is 0.308 e. The summed E-state index contributed by atoms with van der Waals surface area (Å²) in [5.74, 6) is 0. The lowest BCUT2D eigenvalue weighted by atomic mass is 10.0. The Morgan fingerprint density at radius 3 is 2.17 bits per heavy atom. The minimum absolute atomic E-state index is 1.20. The van der Waals surface area contributed by atoms with Crippen LogP contribution in [-0.2, 0) is 0 Å². The molecule has 2 heterocycles. The average molecular weight is 476 g/mol. The van der Waals surface area contributed by atoms with Gasteiger partial charge in [0.25, 0.3) is 0 Å². The van der Waals surface area contributed by atoms with E-state index in [0.29, 0.717) is 0 Å². The van der Waals surface area contributed by atoms with Crippen molar-refractivity contribution in [2.45, 2.75) is 0 Å². The van der Waals surface area contributed by atoms with Crippen LogP contribution in [-0.4, -0.2) is 4.57 Å². The topological polar surface area (TPSA) is 4.93 Å². The van der Waals surface area contributed by atoms with Crippen LogP contribution < -0.4 is 0 Å². The lowest BCUT2D eigenvalue weighted by molar-refractivity contribution is 1.19. The molecule has 0 spiro atoms. The van der Waals surface area contributed by atoms with Crippen LogP contribution in [0.5, 0.6) is 0 Å². The fourth-order valence-electron chi connectivity index (χ4n) is 5.68. The molecule has 0 bridgehead atoms. The summed E-state index contributed by atoms with van der Waals surface area (Å²) in [7, 11) is 0. The predicted molar refractivity (Wildman–Crippen MR) is 157 cm³/mol. The van der Waals surface area contributed by atoms with Crippen molar-refractivity contribution in [1.82, 2.24) is 4.57 Å². The molecule has 0 N–H and O–H groups in total. The molecule has 0 aliphatic rings. The molecular formula is C34H21NS. The molecular weight excluding hydrogens is 454 g/mol. The molecule has 0 aliphatic carbocycles. The first-order chi connectivity index (χ1) is 17.8. The molecule has 0 aliphatic heterocycles. The SMILES string of the molecule is c1ccc(-c2ccc3sc4c(ccc5c6ccccc6n(-c6ccc7ccccc7c6)c54)c3c2)cc1. The third kappa shape index (κ3) is 2.82. The molecule has 2 heteroatoms. The Balaban J connectivity index is 1.49. The van der Waals surface area contributed by atoms with Crippen molar-refractivity contribution >= 4 is 64.1 Å². The van der Waals surface area contributed by atoms with Gasteiger partial charge in [-0.15, -0.1) is 11.3 Å². The highest BCUT2D eigenvalue weighted by molar-refractivity contribution is 7.26. The van der Waals surface area contributed by atoms with E-state index < -0.39 is 0 Å². The third-order valence-electron chi connectivity index (χ3n) is 7.37. The first-order valence-corrected chi connectivity index (χ1v) is 13.1. The van der Waals surface area contributed by atoms with Gasteiger partial charge >= 0.3 is 0 Å². The van der Waals surface area contributed by atoms with Crippen molar-refractivity contribution in [1.29, 1.82) is 0 Å². The van der Waals surface area contributed by atoms with Gasteiger partial charge in [0.1, 0.15) is 0 Å². The molecule has 0 saturated heterocycles. The smallest absolute Gasteiger partial charge is 0.0719 e. The molecule has 0 saturated carbocycles. The van der Waals surface area contributed by atoms with Gasteiger partial charge < -0.3 is 4.57 Å². The Morgan fingerprint density at radius 1 is 0.472 bits per heavy atom. The number of benzene rings is 6. The number of hydrogen-bond donors (Lipinski definition) is 0. The van der Waals surface area contributed by atoms with Crippen LogP contribution in [0.1, 0.15) is 0 Å². The zero-order valence-corrected chi connectivity index (χ0v) is 20.3. The summed E-state index contributed by atoms with van der Waals surface area (Å²) in [5.41, 5.74) is 6.27. The van der Waals surface area contributed by atoms with Crippen molar-refractivity contribution in [3.05, 3.63) is 127 Å². The Morgan fingerprint density at radius 2 is 1.25 bits per heavy atom. The van der Waals surface area contributed by atoms with Crippen molar-refractivity contribution in [2.75, 3.05) is 0 Å². The van der Waals surface area contributed by atoms with Crippen molar-refractivity contribution in [3.8, 4) is 16.8 Å². The molecule has 0 unspecified atom stereocenters. The molecule has 8 rings (SSSR count). The number of fused-ring (bicyclic) bond motifs is 8. The van der Waals surface area contributed by atoms with Crippen LogP contribution >= 0.6 is 11.3 Å². The van der Waals surface area contributed by atoms with E-state index in [-0.39, 0.29) is 0 Å². The number of hydrogen-bond acceptors (Lipinski definition) is 1. The van der Waals surface area contributed by atoms with Gasteiger partial charge in [0.05, 0.1) is 15.7 Å². The van der Waals surface area contributed by atoms with E-state index in [9.17, 15) is 0 Å². The standard InChI is InChI=1S/C34H21NS/c1-2-8-22(9-3-1)25-15-19-32-30(21-25)29-18-17-28-27-12-6-7-13-31(27)35(33(28)34(29)36-32)26-16-14-23-10-4-5-11-24(23)20-26/h1-21H. The molecule has 2 aromatic heterocycles. The summed E-state index contributed by atoms with van der Waals surface area (Å²) >= 11 is 1.90. The fraction of sp³-hybridized carbons (Fsp3) is 0. The number of para-hydroxylation sites is 1. The summed E-state index contributed by atoms with van der Waals surface area (Å²) in [5, 5.41) is 7.78. The first-order valence-electron chi connectivity index (χ1n) is 12.3. The summed E-state index contributed by atoms with van der Waals surface area (Å²) in [6.07, 6.45) is 0. The van der Waals surface area contributed by atoms with E-state index >= 15 is 0 Å². The second-order valence-electron chi connectivity index (χ2n) is 9.40. The van der Waals surface area contributed by atoms with Gasteiger partial charge in [-0.2, -0.15) is 0 Å².